The molecule has 1 fully saturated rings. The molecule has 1 aromatic heterocycles. The lowest BCUT2D eigenvalue weighted by molar-refractivity contribution is 0.285. The molecule has 1 saturated heterocycles. The van der Waals surface area contributed by atoms with Gasteiger partial charge in [-0.05, 0) is 31.0 Å². The van der Waals surface area contributed by atoms with Crippen molar-refractivity contribution < 1.29 is 0 Å². The summed E-state index contributed by atoms with van der Waals surface area (Å²) < 4.78 is 0. The summed E-state index contributed by atoms with van der Waals surface area (Å²) in [6, 6.07) is 4.74. The third kappa shape index (κ3) is 1.85. The number of hydrogen-bond acceptors (Lipinski definition) is 2. The third-order valence-electron chi connectivity index (χ3n) is 2.80. The molecule has 0 aliphatic carbocycles. The van der Waals surface area contributed by atoms with Gasteiger partial charge in [0.25, 0.3) is 0 Å². The summed E-state index contributed by atoms with van der Waals surface area (Å²) in [7, 11) is 0. The summed E-state index contributed by atoms with van der Waals surface area (Å²) in [5, 5.41) is 0. The molecule has 0 saturated carbocycles. The largest absolute Gasteiger partial charge is 0.293 e. The highest BCUT2D eigenvalue weighted by molar-refractivity contribution is 5.15. The van der Waals surface area contributed by atoms with Gasteiger partial charge < -0.3 is 0 Å². The van der Waals surface area contributed by atoms with Crippen LogP contribution in [0.25, 0.3) is 0 Å². The molecule has 1 aliphatic rings. The highest BCUT2D eigenvalue weighted by atomic mass is 15.2. The lowest BCUT2D eigenvalue weighted by Crippen LogP contribution is -2.23. The van der Waals surface area contributed by atoms with Gasteiger partial charge in [0.1, 0.15) is 0 Å². The van der Waals surface area contributed by atoms with E-state index in [1.165, 1.54) is 24.9 Å². The normalized spacial score (nSPS) is 22.4. The van der Waals surface area contributed by atoms with E-state index in [2.05, 4.69) is 22.5 Å². The highest BCUT2D eigenvalue weighted by Crippen LogP contribution is 2.30. The van der Waals surface area contributed by atoms with Gasteiger partial charge in [0.15, 0.2) is 0 Å². The number of likely N-dealkylation sites (tertiary alicyclic amines) is 1. The molecule has 0 aromatic carbocycles. The molecule has 2 heterocycles. The SMILES string of the molecule is C=CCN1CCC[C@H]1c1cccnc1. The minimum absolute atomic E-state index is 0.557. The van der Waals surface area contributed by atoms with Gasteiger partial charge in [0.05, 0.1) is 0 Å². The van der Waals surface area contributed by atoms with Crippen molar-refractivity contribution in [3.05, 3.63) is 42.7 Å². The Kier molecular flexibility index (Phi) is 2.94. The smallest absolute Gasteiger partial charge is 0.0367 e. The lowest BCUT2D eigenvalue weighted by atomic mass is 10.1. The standard InChI is InChI=1S/C12H16N2/c1-2-8-14-9-4-6-12(14)11-5-3-7-13-10-11/h2-3,5,7,10,12H,1,4,6,8-9H2/t12-/m0/s1. The van der Waals surface area contributed by atoms with Gasteiger partial charge in [-0.15, -0.1) is 6.58 Å². The first-order valence-electron chi connectivity index (χ1n) is 5.16. The van der Waals surface area contributed by atoms with E-state index in [1.807, 2.05) is 24.5 Å². The number of aromatic nitrogens is 1. The van der Waals surface area contributed by atoms with Crippen LogP contribution in [-0.2, 0) is 0 Å². The average molecular weight is 188 g/mol. The summed E-state index contributed by atoms with van der Waals surface area (Å²) in [6.45, 7) is 5.97. The van der Waals surface area contributed by atoms with Crippen LogP contribution >= 0.6 is 0 Å². The molecule has 1 atom stereocenters. The maximum atomic E-state index is 4.17. The molecule has 0 spiro atoms. The van der Waals surface area contributed by atoms with E-state index in [0.717, 1.165) is 6.54 Å². The van der Waals surface area contributed by atoms with E-state index in [1.54, 1.807) is 0 Å². The third-order valence-corrected chi connectivity index (χ3v) is 2.80. The van der Waals surface area contributed by atoms with Crippen molar-refractivity contribution in [3.8, 4) is 0 Å². The molecular weight excluding hydrogens is 172 g/mol. The zero-order chi connectivity index (χ0) is 9.80. The molecule has 2 nitrogen and oxygen atoms in total. The molecule has 0 unspecified atom stereocenters. The molecule has 2 rings (SSSR count). The van der Waals surface area contributed by atoms with Gasteiger partial charge in [-0.2, -0.15) is 0 Å². The van der Waals surface area contributed by atoms with Gasteiger partial charge >= 0.3 is 0 Å². The molecular formula is C12H16N2. The topological polar surface area (TPSA) is 16.1 Å². The van der Waals surface area contributed by atoms with Crippen LogP contribution < -0.4 is 0 Å². The first kappa shape index (κ1) is 9.41. The van der Waals surface area contributed by atoms with Crippen LogP contribution in [0.15, 0.2) is 37.2 Å². The van der Waals surface area contributed by atoms with Crippen molar-refractivity contribution in [1.82, 2.24) is 9.88 Å². The molecule has 0 N–H and O–H groups in total. The Balaban J connectivity index is 2.13. The molecule has 74 valence electrons. The van der Waals surface area contributed by atoms with Crippen LogP contribution in [0.3, 0.4) is 0 Å². The molecule has 1 aliphatic heterocycles. The van der Waals surface area contributed by atoms with Crippen LogP contribution in [-0.4, -0.2) is 23.0 Å². The maximum Gasteiger partial charge on any atom is 0.0367 e. The van der Waals surface area contributed by atoms with E-state index in [-0.39, 0.29) is 0 Å². The van der Waals surface area contributed by atoms with Gasteiger partial charge in [0.2, 0.25) is 0 Å². The van der Waals surface area contributed by atoms with E-state index in [4.69, 9.17) is 0 Å². The average Bonchev–Trinajstić information content (AvgIpc) is 2.68. The molecule has 2 heteroatoms. The summed E-state index contributed by atoms with van der Waals surface area (Å²) in [5.74, 6) is 0. The van der Waals surface area contributed by atoms with Gasteiger partial charge in [-0.25, -0.2) is 0 Å². The molecule has 0 radical (unpaired) electrons. The van der Waals surface area contributed by atoms with Crippen molar-refractivity contribution in [3.63, 3.8) is 0 Å². The monoisotopic (exact) mass is 188 g/mol. The van der Waals surface area contributed by atoms with Crippen LogP contribution in [0.2, 0.25) is 0 Å². The number of pyridine rings is 1. The summed E-state index contributed by atoms with van der Waals surface area (Å²) in [4.78, 5) is 6.63. The van der Waals surface area contributed by atoms with Crippen molar-refractivity contribution in [2.75, 3.05) is 13.1 Å². The second-order valence-corrected chi connectivity index (χ2v) is 3.73. The van der Waals surface area contributed by atoms with Crippen molar-refractivity contribution >= 4 is 0 Å². The fourth-order valence-electron chi connectivity index (χ4n) is 2.16. The molecule has 14 heavy (non-hydrogen) atoms. The fourth-order valence-corrected chi connectivity index (χ4v) is 2.16. The summed E-state index contributed by atoms with van der Waals surface area (Å²) >= 11 is 0. The lowest BCUT2D eigenvalue weighted by Gasteiger charge is -2.22. The second-order valence-electron chi connectivity index (χ2n) is 3.73. The fraction of sp³-hybridized carbons (Fsp3) is 0.417. The van der Waals surface area contributed by atoms with E-state index in [9.17, 15) is 0 Å². The van der Waals surface area contributed by atoms with Crippen molar-refractivity contribution in [1.29, 1.82) is 0 Å². The number of rotatable bonds is 3. The summed E-state index contributed by atoms with van der Waals surface area (Å²) in [5.41, 5.74) is 1.34. The maximum absolute atomic E-state index is 4.17. The Morgan fingerprint density at radius 1 is 1.64 bits per heavy atom. The second kappa shape index (κ2) is 4.38. The minimum Gasteiger partial charge on any atom is -0.293 e. The van der Waals surface area contributed by atoms with Gasteiger partial charge in [0, 0.05) is 25.0 Å². The quantitative estimate of drug-likeness (QED) is 0.677. The van der Waals surface area contributed by atoms with Crippen molar-refractivity contribution in [2.24, 2.45) is 0 Å². The van der Waals surface area contributed by atoms with E-state index >= 15 is 0 Å². The Morgan fingerprint density at radius 2 is 2.57 bits per heavy atom. The first-order valence-corrected chi connectivity index (χ1v) is 5.16. The number of hydrogen-bond donors (Lipinski definition) is 0. The molecule has 0 amide bonds. The molecule has 1 aromatic rings. The number of nitrogens with zero attached hydrogens (tertiary/aromatic N) is 2. The van der Waals surface area contributed by atoms with Crippen molar-refractivity contribution in [2.45, 2.75) is 18.9 Å². The predicted molar refractivity (Wildman–Crippen MR) is 58.0 cm³/mol. The summed E-state index contributed by atoms with van der Waals surface area (Å²) in [6.07, 6.45) is 8.32. The van der Waals surface area contributed by atoms with Crippen LogP contribution in [0, 0.1) is 0 Å². The zero-order valence-electron chi connectivity index (χ0n) is 8.39. The minimum atomic E-state index is 0.557. The predicted octanol–water partition coefficient (Wildman–Crippen LogP) is 2.40. The van der Waals surface area contributed by atoms with Gasteiger partial charge in [-0.1, -0.05) is 12.1 Å². The van der Waals surface area contributed by atoms with Crippen LogP contribution in [0.4, 0.5) is 0 Å². The molecule has 0 bridgehead atoms. The first-order chi connectivity index (χ1) is 6.92. The Labute approximate surface area is 85.3 Å². The van der Waals surface area contributed by atoms with E-state index < -0.39 is 0 Å². The van der Waals surface area contributed by atoms with E-state index in [0.29, 0.717) is 6.04 Å². The zero-order valence-corrected chi connectivity index (χ0v) is 8.39. The van der Waals surface area contributed by atoms with Gasteiger partial charge in [-0.3, -0.25) is 9.88 Å². The van der Waals surface area contributed by atoms with Crippen LogP contribution in [0.1, 0.15) is 24.4 Å². The Morgan fingerprint density at radius 3 is 3.29 bits per heavy atom. The Bertz CT molecular complexity index is 294. The highest BCUT2D eigenvalue weighted by Gasteiger charge is 2.24. The van der Waals surface area contributed by atoms with Crippen LogP contribution in [0.5, 0.6) is 0 Å². The Hall–Kier alpha value is -1.15.